The van der Waals surface area contributed by atoms with E-state index in [4.69, 9.17) is 84.5 Å². The van der Waals surface area contributed by atoms with E-state index in [1.165, 1.54) is 0 Å². The van der Waals surface area contributed by atoms with Gasteiger partial charge >= 0.3 is 96.8 Å². The van der Waals surface area contributed by atoms with Gasteiger partial charge in [-0.3, -0.25) is 0 Å². The molecule has 0 aromatic carbocycles. The highest BCUT2D eigenvalue weighted by Gasteiger charge is 2.57. The average molecular weight is 1320 g/mol. The molecule has 0 aliphatic heterocycles. The lowest BCUT2D eigenvalue weighted by Gasteiger charge is -2.36. The smallest absolute Gasteiger partial charge is 0.391 e. The highest BCUT2D eigenvalue weighted by molar-refractivity contribution is 6.83. The van der Waals surface area contributed by atoms with Crippen molar-refractivity contribution in [2.75, 3.05) is 72.0 Å². The molecule has 0 aromatic rings. The zero-order valence-corrected chi connectivity index (χ0v) is 55.6. The third kappa shape index (κ3) is 46.0. The molecule has 468 valence electrons. The third-order valence-electron chi connectivity index (χ3n) is 9.50. The van der Waals surface area contributed by atoms with E-state index in [2.05, 4.69) is 5.32 Å². The van der Waals surface area contributed by atoms with Gasteiger partial charge in [-0.05, 0) is 117 Å². The van der Waals surface area contributed by atoms with Crippen LogP contribution in [0, 0.1) is 0 Å². The molecule has 0 saturated heterocycles. The summed E-state index contributed by atoms with van der Waals surface area (Å²) in [4.78, 5) is 172. The topological polar surface area (TPSA) is 664 Å². The molecule has 77 heavy (non-hydrogen) atoms. The summed E-state index contributed by atoms with van der Waals surface area (Å²) in [6.07, 6.45) is 2.47. The van der Waals surface area contributed by atoms with E-state index in [0.717, 1.165) is 13.1 Å². The number of nitrogens with two attached hydrogens (primary N) is 9. The Kier molecular flexibility index (Phi) is 43.1. The predicted octanol–water partition coefficient (Wildman–Crippen LogP) is -10.7. The zero-order valence-electron chi connectivity index (χ0n) is 44.6. The van der Waals surface area contributed by atoms with Gasteiger partial charge in [-0.2, -0.15) is 0 Å². The second kappa shape index (κ2) is 40.3. The van der Waals surface area contributed by atoms with E-state index in [1.807, 2.05) is 0 Å². The standard InChI is InChI=1S/C12H38N4O9Si4.C10H33N3O9Si4.C9H29N3O7Si3/c1-26(17,23-27(18,19)10-2-5-13)24-29(22,12-4-8-16-9-7-15)25-28(20,21)11-3-6-14;1-23(14,20-24(15,16)8-2-5-11)21-26(19,10-4-7-13)22-25(17,18)9-3-6-12;10-4-1-7-20(13,14)18-22(17,9-3-6-12)19-21(15,16)8-2-5-11/h16-22H,2-15H2,1H3;14-19H,2-13H2,1H3;13-17H,1-12H2. The summed E-state index contributed by atoms with van der Waals surface area (Å²) < 4.78 is 40.9. The van der Waals surface area contributed by atoms with Crippen LogP contribution in [0.2, 0.25) is 67.5 Å². The minimum absolute atomic E-state index is 0.0967. The van der Waals surface area contributed by atoms with Gasteiger partial charge < -0.3 is 171 Å². The quantitative estimate of drug-likeness (QED) is 0.0199. The van der Waals surface area contributed by atoms with Crippen molar-refractivity contribution in [3.8, 4) is 0 Å². The van der Waals surface area contributed by atoms with Crippen LogP contribution in [0.15, 0.2) is 0 Å². The molecule has 0 aliphatic carbocycles. The Balaban J connectivity index is -0.00000108. The van der Waals surface area contributed by atoms with Crippen molar-refractivity contribution in [1.82, 2.24) is 5.32 Å². The highest BCUT2D eigenvalue weighted by Crippen LogP contribution is 2.28. The summed E-state index contributed by atoms with van der Waals surface area (Å²) in [6, 6.07) is -1.24. The van der Waals surface area contributed by atoms with E-state index < -0.39 is 96.8 Å². The van der Waals surface area contributed by atoms with Gasteiger partial charge in [0.1, 0.15) is 0 Å². The molecule has 46 heteroatoms. The number of hydrogen-bond donors (Lipinski definition) is 27. The fourth-order valence-corrected chi connectivity index (χ4v) is 37.5. The number of rotatable bonds is 46. The van der Waals surface area contributed by atoms with Gasteiger partial charge in [-0.1, -0.05) is 0 Å². The molecular weight excluding hydrogens is 1220 g/mol. The molecule has 0 bridgehead atoms. The molecule has 0 fully saturated rings. The van der Waals surface area contributed by atoms with Crippen LogP contribution in [-0.2, 0) is 32.9 Å². The van der Waals surface area contributed by atoms with Crippen LogP contribution in [-0.4, -0.2) is 250 Å². The van der Waals surface area contributed by atoms with Crippen molar-refractivity contribution in [3.63, 3.8) is 0 Å². The molecule has 0 radical (unpaired) electrons. The minimum Gasteiger partial charge on any atom is -0.391 e. The summed E-state index contributed by atoms with van der Waals surface area (Å²) in [7, 11) is -47.0. The molecule has 0 saturated carbocycles. The van der Waals surface area contributed by atoms with Crippen LogP contribution in [0.4, 0.5) is 0 Å². The van der Waals surface area contributed by atoms with Crippen LogP contribution in [0.25, 0.3) is 0 Å². The van der Waals surface area contributed by atoms with E-state index in [-0.39, 0.29) is 145 Å². The summed E-state index contributed by atoms with van der Waals surface area (Å²) in [5.41, 5.74) is 48.1. The largest absolute Gasteiger partial charge is 0.488 e. The normalized spacial score (nSPS) is 16.4. The average Bonchev–Trinajstić information content (AvgIpc) is 3.27. The SMILES string of the molecule is C[Si](O)(O[Si](O)(O)CCCN)O[Si](O)(CCCN)O[Si](O)(O)CCCN.C[Si](O)(O[Si](O)(O)CCCN)O[Si](O)(CCCNCCN)O[Si](O)(O)CCCN.NCCC[Si](O)(O)O[Si](O)(CCCN)O[Si](O)(O)CCCN. The molecule has 4 atom stereocenters. The second-order valence-electron chi connectivity index (χ2n) is 18.0. The molecule has 0 aliphatic rings. The van der Waals surface area contributed by atoms with Crippen molar-refractivity contribution >= 4 is 96.8 Å². The Hall–Kier alpha value is 0.986. The first-order chi connectivity index (χ1) is 35.2. The molecule has 0 rings (SSSR count). The van der Waals surface area contributed by atoms with Crippen molar-refractivity contribution in [1.29, 1.82) is 0 Å². The van der Waals surface area contributed by atoms with Gasteiger partial charge in [-0.25, -0.2) is 0 Å². The first kappa shape index (κ1) is 82.2. The Bertz CT molecular complexity index is 1480. The monoisotopic (exact) mass is 1320 g/mol. The lowest BCUT2D eigenvalue weighted by Crippen LogP contribution is -2.63. The van der Waals surface area contributed by atoms with Crippen LogP contribution in [0.3, 0.4) is 0 Å². The van der Waals surface area contributed by atoms with E-state index in [1.54, 1.807) is 0 Å². The number of hydrogen-bond acceptors (Lipinski definition) is 35. The third-order valence-corrected chi connectivity index (χ3v) is 40.0. The molecule has 0 aromatic heterocycles. The summed E-state index contributed by atoms with van der Waals surface area (Å²) >= 11 is 0. The Morgan fingerprint density at radius 3 is 0.662 bits per heavy atom. The molecule has 0 heterocycles. The minimum atomic E-state index is -4.35. The fraction of sp³-hybridized carbons (Fsp3) is 1.00. The maximum Gasteiger partial charge on any atom is 0.488 e. The van der Waals surface area contributed by atoms with Crippen LogP contribution < -0.4 is 56.9 Å². The molecule has 36 N–H and O–H groups in total. The Labute approximate surface area is 463 Å². The fourth-order valence-electron chi connectivity index (χ4n) is 6.25. The molecular formula is C31H100N10O25Si11. The zero-order chi connectivity index (χ0) is 60.4. The number of nitrogens with one attached hydrogen (secondary N) is 1. The molecule has 35 nitrogen and oxygen atoms in total. The second-order valence-corrected chi connectivity index (χ2v) is 45.8. The Morgan fingerprint density at radius 2 is 0.442 bits per heavy atom. The highest BCUT2D eigenvalue weighted by atomic mass is 28.5. The van der Waals surface area contributed by atoms with Crippen LogP contribution >= 0.6 is 0 Å². The lowest BCUT2D eigenvalue weighted by atomic mass is 10.5. The summed E-state index contributed by atoms with van der Waals surface area (Å²) in [6.45, 7) is 5.22. The Morgan fingerprint density at radius 1 is 0.247 bits per heavy atom. The summed E-state index contributed by atoms with van der Waals surface area (Å²) in [5.74, 6) is 0. The van der Waals surface area contributed by atoms with Gasteiger partial charge in [0.05, 0.1) is 0 Å². The van der Waals surface area contributed by atoms with Gasteiger partial charge in [0, 0.05) is 80.6 Å². The summed E-state index contributed by atoms with van der Waals surface area (Å²) in [5, 5.41) is 3.01. The maximum atomic E-state index is 10.9. The van der Waals surface area contributed by atoms with E-state index in [9.17, 15) is 81.5 Å². The molecule has 0 spiro atoms. The van der Waals surface area contributed by atoms with E-state index >= 15 is 0 Å². The molecule has 0 amide bonds. The van der Waals surface area contributed by atoms with Crippen LogP contribution in [0.1, 0.15) is 57.8 Å². The van der Waals surface area contributed by atoms with E-state index in [0.29, 0.717) is 38.9 Å². The van der Waals surface area contributed by atoms with Gasteiger partial charge in [0.2, 0.25) is 0 Å². The first-order valence-electron chi connectivity index (χ1n) is 25.1. The van der Waals surface area contributed by atoms with Gasteiger partial charge in [-0.15, -0.1) is 0 Å². The van der Waals surface area contributed by atoms with Crippen molar-refractivity contribution in [3.05, 3.63) is 0 Å². The van der Waals surface area contributed by atoms with Gasteiger partial charge in [0.25, 0.3) is 0 Å². The predicted molar refractivity (Wildman–Crippen MR) is 301 cm³/mol. The maximum absolute atomic E-state index is 10.9. The first-order valence-corrected chi connectivity index (χ1v) is 47.6. The van der Waals surface area contributed by atoms with Gasteiger partial charge in [0.15, 0.2) is 0 Å². The van der Waals surface area contributed by atoms with Crippen molar-refractivity contribution < 1.29 is 114 Å². The molecule has 4 unspecified atom stereocenters. The van der Waals surface area contributed by atoms with Crippen molar-refractivity contribution in [2.24, 2.45) is 51.6 Å². The van der Waals surface area contributed by atoms with Crippen LogP contribution in [0.5, 0.6) is 0 Å². The van der Waals surface area contributed by atoms with Crippen molar-refractivity contribution in [2.45, 2.75) is 125 Å². The lowest BCUT2D eigenvalue weighted by molar-refractivity contribution is 0.105.